The number of nitrogens with zero attached hydrogens (tertiary/aromatic N) is 8. The molecule has 3 aromatic rings. The third-order valence-electron chi connectivity index (χ3n) is 5.35. The molecule has 0 bridgehead atoms. The molecule has 4 rings (SSSR count). The van der Waals surface area contributed by atoms with Gasteiger partial charge in [-0.25, -0.2) is 5.43 Å². The topological polar surface area (TPSA) is 188 Å². The number of likely N-dealkylation sites (N-methyl/N-ethyl adjacent to an activating group) is 1. The van der Waals surface area contributed by atoms with Crippen molar-refractivity contribution in [3.63, 3.8) is 0 Å². The number of aromatic nitrogens is 3. The molecule has 0 atom stereocenters. The van der Waals surface area contributed by atoms with E-state index in [4.69, 9.17) is 0 Å². The van der Waals surface area contributed by atoms with Crippen molar-refractivity contribution in [2.45, 2.75) is 0 Å². The molecule has 2 aromatic carbocycles. The summed E-state index contributed by atoms with van der Waals surface area (Å²) < 4.78 is 0. The Hall–Kier alpha value is -4.92. The maximum absolute atomic E-state index is 11.0. The molecule has 1 aliphatic rings. The van der Waals surface area contributed by atoms with E-state index in [0.717, 1.165) is 13.1 Å². The van der Waals surface area contributed by atoms with E-state index in [2.05, 4.69) is 35.7 Å². The Morgan fingerprint density at radius 3 is 2.33 bits per heavy atom. The number of hydrogen-bond donors (Lipinski definition) is 3. The lowest BCUT2D eigenvalue weighted by atomic mass is 10.2. The fourth-order valence-corrected chi connectivity index (χ4v) is 3.37. The second kappa shape index (κ2) is 10.6. The first-order valence-corrected chi connectivity index (χ1v) is 10.8. The van der Waals surface area contributed by atoms with Gasteiger partial charge in [-0.1, -0.05) is 6.07 Å². The Morgan fingerprint density at radius 2 is 1.67 bits per heavy atom. The number of hydrazone groups is 1. The van der Waals surface area contributed by atoms with Gasteiger partial charge in [-0.2, -0.15) is 20.1 Å². The number of nitro groups is 2. The van der Waals surface area contributed by atoms with Crippen molar-refractivity contribution in [1.82, 2.24) is 19.9 Å². The number of aromatic hydroxyl groups is 1. The Balaban J connectivity index is 1.58. The first-order chi connectivity index (χ1) is 17.3. The largest absolute Gasteiger partial charge is 0.502 e. The van der Waals surface area contributed by atoms with E-state index < -0.39 is 21.3 Å². The number of hydrogen-bond acceptors (Lipinski definition) is 13. The highest BCUT2D eigenvalue weighted by atomic mass is 16.6. The summed E-state index contributed by atoms with van der Waals surface area (Å²) in [5.41, 5.74) is 2.85. The molecule has 0 unspecified atom stereocenters. The molecule has 1 saturated heterocycles. The summed E-state index contributed by atoms with van der Waals surface area (Å²) in [4.78, 5) is 38.1. The quantitative estimate of drug-likeness (QED) is 0.236. The monoisotopic (exact) mass is 494 g/mol. The predicted molar refractivity (Wildman–Crippen MR) is 132 cm³/mol. The molecule has 0 saturated carbocycles. The van der Waals surface area contributed by atoms with Gasteiger partial charge in [0, 0.05) is 55.6 Å². The van der Waals surface area contributed by atoms with Crippen molar-refractivity contribution in [2.24, 2.45) is 5.10 Å². The number of para-hydroxylation sites is 1. The Morgan fingerprint density at radius 1 is 0.972 bits per heavy atom. The van der Waals surface area contributed by atoms with E-state index >= 15 is 0 Å². The second-order valence-electron chi connectivity index (χ2n) is 7.84. The smallest absolute Gasteiger partial charge is 0.311 e. The molecule has 15 heteroatoms. The summed E-state index contributed by atoms with van der Waals surface area (Å²) in [5, 5.41) is 39.0. The highest BCUT2D eigenvalue weighted by molar-refractivity contribution is 5.85. The van der Waals surface area contributed by atoms with Crippen LogP contribution in [0.1, 0.15) is 5.56 Å². The minimum atomic E-state index is -0.690. The lowest BCUT2D eigenvalue weighted by Gasteiger charge is -2.32. The number of non-ortho nitro benzene ring substituents is 1. The molecule has 186 valence electrons. The van der Waals surface area contributed by atoms with Gasteiger partial charge < -0.3 is 20.2 Å². The van der Waals surface area contributed by atoms with Gasteiger partial charge in [0.05, 0.1) is 16.1 Å². The van der Waals surface area contributed by atoms with Crippen LogP contribution in [0.25, 0.3) is 0 Å². The fraction of sp³-hybridized carbons (Fsp3) is 0.238. The van der Waals surface area contributed by atoms with Crippen molar-refractivity contribution >= 4 is 41.1 Å². The summed E-state index contributed by atoms with van der Waals surface area (Å²) in [7, 11) is 2.03. The number of benzene rings is 2. The van der Waals surface area contributed by atoms with E-state index in [1.54, 1.807) is 0 Å². The average Bonchev–Trinajstić information content (AvgIpc) is 2.85. The molecule has 2 heterocycles. The van der Waals surface area contributed by atoms with Crippen LogP contribution in [0.4, 0.5) is 34.9 Å². The molecule has 0 spiro atoms. The van der Waals surface area contributed by atoms with Crippen molar-refractivity contribution in [3.05, 3.63) is 68.3 Å². The number of nitrogens with one attached hydrogen (secondary N) is 2. The van der Waals surface area contributed by atoms with E-state index in [0.29, 0.717) is 24.7 Å². The highest BCUT2D eigenvalue weighted by Crippen LogP contribution is 2.28. The number of nitro benzene ring substituents is 2. The van der Waals surface area contributed by atoms with Crippen LogP contribution in [0.5, 0.6) is 5.75 Å². The van der Waals surface area contributed by atoms with Crippen molar-refractivity contribution in [3.8, 4) is 5.75 Å². The molecule has 1 aliphatic heterocycles. The van der Waals surface area contributed by atoms with Gasteiger partial charge in [0.2, 0.25) is 23.6 Å². The summed E-state index contributed by atoms with van der Waals surface area (Å²) in [5.74, 6) is 0.161. The fourth-order valence-electron chi connectivity index (χ4n) is 3.37. The zero-order valence-corrected chi connectivity index (χ0v) is 19.1. The molecular weight excluding hydrogens is 472 g/mol. The van der Waals surface area contributed by atoms with Gasteiger partial charge in [-0.3, -0.25) is 20.2 Å². The maximum atomic E-state index is 11.0. The number of anilines is 4. The van der Waals surface area contributed by atoms with Gasteiger partial charge in [0.25, 0.3) is 5.69 Å². The first-order valence-electron chi connectivity index (χ1n) is 10.8. The molecule has 0 radical (unpaired) electrons. The van der Waals surface area contributed by atoms with Crippen LogP contribution in [0.3, 0.4) is 0 Å². The summed E-state index contributed by atoms with van der Waals surface area (Å²) in [6.45, 7) is 3.04. The van der Waals surface area contributed by atoms with Crippen molar-refractivity contribution in [2.75, 3.05) is 48.9 Å². The SMILES string of the molecule is CN1CCN(c2nc(N/N=C/c3cccc([N+](=O)[O-])c3O)nc(Nc3ccc([N+](=O)[O-])cc3)n2)CC1. The molecule has 3 N–H and O–H groups in total. The predicted octanol–water partition coefficient (Wildman–Crippen LogP) is 2.33. The lowest BCUT2D eigenvalue weighted by Crippen LogP contribution is -2.45. The van der Waals surface area contributed by atoms with Crippen LogP contribution in [0.2, 0.25) is 0 Å². The van der Waals surface area contributed by atoms with Gasteiger partial charge >= 0.3 is 5.69 Å². The van der Waals surface area contributed by atoms with Gasteiger partial charge in [-0.15, -0.1) is 0 Å². The van der Waals surface area contributed by atoms with Crippen LogP contribution in [0, 0.1) is 20.2 Å². The third-order valence-corrected chi connectivity index (χ3v) is 5.35. The molecule has 15 nitrogen and oxygen atoms in total. The number of rotatable bonds is 8. The van der Waals surface area contributed by atoms with Crippen LogP contribution < -0.4 is 15.6 Å². The van der Waals surface area contributed by atoms with Crippen LogP contribution in [-0.4, -0.2) is 74.2 Å². The first kappa shape index (κ1) is 24.2. The third kappa shape index (κ3) is 5.76. The van der Waals surface area contributed by atoms with Crippen LogP contribution in [0.15, 0.2) is 47.6 Å². The van der Waals surface area contributed by atoms with E-state index in [9.17, 15) is 25.3 Å². The molecule has 1 aromatic heterocycles. The maximum Gasteiger partial charge on any atom is 0.311 e. The number of phenols is 1. The normalized spacial score (nSPS) is 14.1. The molecule has 1 fully saturated rings. The Bertz CT molecular complexity index is 1290. The lowest BCUT2D eigenvalue weighted by molar-refractivity contribution is -0.385. The minimum absolute atomic E-state index is 0.0459. The minimum Gasteiger partial charge on any atom is -0.502 e. The molecule has 36 heavy (non-hydrogen) atoms. The molecule has 0 aliphatic carbocycles. The average molecular weight is 494 g/mol. The van der Waals surface area contributed by atoms with Crippen LogP contribution >= 0.6 is 0 Å². The number of phenolic OH excluding ortho intramolecular Hbond substituents is 1. The zero-order valence-electron chi connectivity index (χ0n) is 19.1. The Kier molecular flexibility index (Phi) is 7.10. The molecular formula is C21H22N10O5. The van der Waals surface area contributed by atoms with Gasteiger partial charge in [0.1, 0.15) is 0 Å². The van der Waals surface area contributed by atoms with E-state index in [1.165, 1.54) is 48.7 Å². The second-order valence-corrected chi connectivity index (χ2v) is 7.84. The molecule has 0 amide bonds. The summed E-state index contributed by atoms with van der Waals surface area (Å²) in [6, 6.07) is 9.88. The van der Waals surface area contributed by atoms with Crippen LogP contribution in [-0.2, 0) is 0 Å². The van der Waals surface area contributed by atoms with Gasteiger partial charge in [-0.05, 0) is 25.2 Å². The summed E-state index contributed by atoms with van der Waals surface area (Å²) >= 11 is 0. The van der Waals surface area contributed by atoms with Gasteiger partial charge in [0.15, 0.2) is 0 Å². The van der Waals surface area contributed by atoms with E-state index in [1.807, 2.05) is 11.9 Å². The van der Waals surface area contributed by atoms with Crippen molar-refractivity contribution < 1.29 is 15.0 Å². The highest BCUT2D eigenvalue weighted by Gasteiger charge is 2.19. The Labute approximate surface area is 204 Å². The number of piperazine rings is 1. The standard InChI is InChI=1S/C21H22N10O5/c1-28-9-11-29(12-10-28)21-25-19(23-15-5-7-16(8-6-15)30(33)34)24-20(26-21)27-22-13-14-3-2-4-17(18(14)32)31(35)36/h2-8,13,32H,9-12H2,1H3,(H2,23,24,25,26,27)/b22-13+. The van der Waals surface area contributed by atoms with E-state index in [-0.39, 0.29) is 23.1 Å². The van der Waals surface area contributed by atoms with Crippen molar-refractivity contribution in [1.29, 1.82) is 0 Å². The summed E-state index contributed by atoms with van der Waals surface area (Å²) in [6.07, 6.45) is 1.21. The zero-order chi connectivity index (χ0) is 25.7.